The van der Waals surface area contributed by atoms with E-state index < -0.39 is 17.7 Å². The number of rotatable bonds is 4. The number of amides is 3. The van der Waals surface area contributed by atoms with Crippen molar-refractivity contribution in [2.75, 3.05) is 14.2 Å². The average molecular weight is 418 g/mol. The summed E-state index contributed by atoms with van der Waals surface area (Å²) in [5.74, 6) is -0.865. The highest BCUT2D eigenvalue weighted by Crippen LogP contribution is 2.29. The van der Waals surface area contributed by atoms with Crippen molar-refractivity contribution in [3.8, 4) is 11.5 Å². The number of ether oxygens (including phenoxy) is 2. The Balaban J connectivity index is 2.01. The fourth-order valence-corrected chi connectivity index (χ4v) is 2.95. The molecule has 0 bridgehead atoms. The van der Waals surface area contributed by atoms with Crippen LogP contribution in [0.5, 0.6) is 11.5 Å². The summed E-state index contributed by atoms with van der Waals surface area (Å²) in [6.45, 7) is 0. The normalized spacial score (nSPS) is 18.1. The van der Waals surface area contributed by atoms with Crippen LogP contribution in [0, 0.1) is 0 Å². The van der Waals surface area contributed by atoms with Gasteiger partial charge in [0.2, 0.25) is 0 Å². The lowest BCUT2D eigenvalue weighted by Crippen LogP contribution is -2.51. The molecule has 2 fully saturated rings. The average Bonchev–Trinajstić information content (AvgIpc) is 2.91. The van der Waals surface area contributed by atoms with E-state index in [-0.39, 0.29) is 21.5 Å². The second-order valence-corrected chi connectivity index (χ2v) is 6.35. The van der Waals surface area contributed by atoms with Gasteiger partial charge in [-0.2, -0.15) is 0 Å². The first-order chi connectivity index (χ1) is 13.3. The van der Waals surface area contributed by atoms with Gasteiger partial charge in [0.1, 0.15) is 11.3 Å². The first-order valence-electron chi connectivity index (χ1n) is 7.80. The van der Waals surface area contributed by atoms with Crippen LogP contribution < -0.4 is 25.4 Å². The summed E-state index contributed by atoms with van der Waals surface area (Å²) in [6, 6.07) is 5.07. The van der Waals surface area contributed by atoms with Crippen molar-refractivity contribution >= 4 is 58.5 Å². The molecular formula is C17H14N4O5S2. The van der Waals surface area contributed by atoms with E-state index in [1.807, 2.05) is 0 Å². The van der Waals surface area contributed by atoms with Crippen LogP contribution >= 0.6 is 24.4 Å². The van der Waals surface area contributed by atoms with Crippen LogP contribution in [0.15, 0.2) is 35.7 Å². The molecule has 11 heteroatoms. The number of nitrogens with one attached hydrogen (secondary N) is 3. The maximum atomic E-state index is 12.3. The van der Waals surface area contributed by atoms with Crippen molar-refractivity contribution in [1.82, 2.24) is 20.9 Å². The summed E-state index contributed by atoms with van der Waals surface area (Å²) < 4.78 is 10.4. The molecule has 0 unspecified atom stereocenters. The lowest BCUT2D eigenvalue weighted by Gasteiger charge is -2.19. The molecule has 0 aliphatic carbocycles. The van der Waals surface area contributed by atoms with Gasteiger partial charge in [-0.25, -0.2) is 0 Å². The Morgan fingerprint density at radius 3 is 2.18 bits per heavy atom. The Bertz CT molecular complexity index is 964. The van der Waals surface area contributed by atoms with Crippen molar-refractivity contribution in [3.05, 3.63) is 41.2 Å². The van der Waals surface area contributed by atoms with Crippen molar-refractivity contribution < 1.29 is 23.9 Å². The highest BCUT2D eigenvalue weighted by molar-refractivity contribution is 7.80. The van der Waals surface area contributed by atoms with E-state index in [0.717, 1.165) is 0 Å². The molecule has 1 aromatic rings. The second kappa shape index (κ2) is 7.74. The Labute approximate surface area is 170 Å². The first-order valence-corrected chi connectivity index (χ1v) is 8.62. The number of hydrogen-bond acceptors (Lipinski definition) is 7. The molecule has 2 aliphatic rings. The lowest BCUT2D eigenvalue weighted by molar-refractivity contribution is -0.123. The number of methoxy groups -OCH3 is 2. The van der Waals surface area contributed by atoms with E-state index in [9.17, 15) is 14.4 Å². The minimum atomic E-state index is -0.693. The maximum Gasteiger partial charge on any atom is 0.274 e. The lowest BCUT2D eigenvalue weighted by atomic mass is 10.1. The summed E-state index contributed by atoms with van der Waals surface area (Å²) in [4.78, 5) is 37.7. The van der Waals surface area contributed by atoms with Gasteiger partial charge in [0, 0.05) is 6.20 Å². The van der Waals surface area contributed by atoms with E-state index in [4.69, 9.17) is 33.9 Å². The summed E-state index contributed by atoms with van der Waals surface area (Å²) in [5.41, 5.74) is 0.499. The number of nitrogens with zero attached hydrogens (tertiary/aromatic N) is 1. The molecule has 144 valence electrons. The van der Waals surface area contributed by atoms with Gasteiger partial charge < -0.3 is 9.47 Å². The van der Waals surface area contributed by atoms with Gasteiger partial charge in [-0.3, -0.25) is 35.2 Å². The molecule has 2 heterocycles. The number of benzene rings is 1. The highest BCUT2D eigenvalue weighted by Gasteiger charge is 2.33. The molecule has 0 aromatic heterocycles. The smallest absolute Gasteiger partial charge is 0.274 e. The van der Waals surface area contributed by atoms with Gasteiger partial charge in [0.25, 0.3) is 17.7 Å². The topological polar surface area (TPSA) is 109 Å². The quantitative estimate of drug-likeness (QED) is 0.361. The third-order valence-corrected chi connectivity index (χ3v) is 4.35. The molecule has 0 atom stereocenters. The third-order valence-electron chi connectivity index (χ3n) is 3.84. The van der Waals surface area contributed by atoms with Crippen molar-refractivity contribution in [2.24, 2.45) is 0 Å². The molecule has 1 aromatic carbocycles. The van der Waals surface area contributed by atoms with Crippen molar-refractivity contribution in [2.45, 2.75) is 0 Å². The molecule has 0 spiro atoms. The number of hydrogen-bond donors (Lipinski definition) is 3. The summed E-state index contributed by atoms with van der Waals surface area (Å²) in [7, 11) is 3.01. The number of thiocarbonyl (C=S) groups is 2. The van der Waals surface area contributed by atoms with Crippen LogP contribution in [0.3, 0.4) is 0 Å². The minimum absolute atomic E-state index is 0.0259. The molecule has 3 N–H and O–H groups in total. The van der Waals surface area contributed by atoms with Gasteiger partial charge in [-0.15, -0.1) is 0 Å². The summed E-state index contributed by atoms with van der Waals surface area (Å²) in [6.07, 6.45) is 2.72. The van der Waals surface area contributed by atoms with Gasteiger partial charge in [-0.05, 0) is 48.2 Å². The van der Waals surface area contributed by atoms with Crippen LogP contribution in [-0.2, 0) is 14.4 Å². The molecule has 0 saturated carbocycles. The molecule has 3 rings (SSSR count). The second-order valence-electron chi connectivity index (χ2n) is 5.55. The fourth-order valence-electron chi connectivity index (χ4n) is 2.53. The van der Waals surface area contributed by atoms with Crippen LogP contribution in [0.1, 0.15) is 5.56 Å². The Hall–Kier alpha value is -3.31. The SMILES string of the molecule is COc1ccc(/C=C2/C(=O)NC(=S)N2C=C2C(=O)NC(=S)NC2=O)cc1OC. The minimum Gasteiger partial charge on any atom is -0.493 e. The predicted octanol–water partition coefficient (Wildman–Crippen LogP) is 0.176. The van der Waals surface area contributed by atoms with Crippen LogP contribution in [0.25, 0.3) is 6.08 Å². The molecule has 2 saturated heterocycles. The molecule has 3 amide bonds. The van der Waals surface area contributed by atoms with Crippen LogP contribution in [0.2, 0.25) is 0 Å². The van der Waals surface area contributed by atoms with Gasteiger partial charge in [0.05, 0.1) is 14.2 Å². The Kier molecular flexibility index (Phi) is 5.38. The fraction of sp³-hybridized carbons (Fsp3) is 0.118. The largest absolute Gasteiger partial charge is 0.493 e. The van der Waals surface area contributed by atoms with E-state index in [1.165, 1.54) is 31.4 Å². The van der Waals surface area contributed by atoms with E-state index in [2.05, 4.69) is 16.0 Å². The Morgan fingerprint density at radius 1 is 0.929 bits per heavy atom. The van der Waals surface area contributed by atoms with Crippen molar-refractivity contribution in [3.63, 3.8) is 0 Å². The molecule has 2 aliphatic heterocycles. The Morgan fingerprint density at radius 2 is 1.57 bits per heavy atom. The predicted molar refractivity (Wildman–Crippen MR) is 107 cm³/mol. The zero-order valence-electron chi connectivity index (χ0n) is 14.7. The zero-order valence-corrected chi connectivity index (χ0v) is 16.3. The van der Waals surface area contributed by atoms with Gasteiger partial charge in [-0.1, -0.05) is 6.07 Å². The molecular weight excluding hydrogens is 404 g/mol. The van der Waals surface area contributed by atoms with Crippen LogP contribution in [-0.4, -0.2) is 47.1 Å². The van der Waals surface area contributed by atoms with Gasteiger partial charge >= 0.3 is 0 Å². The van der Waals surface area contributed by atoms with Crippen molar-refractivity contribution in [1.29, 1.82) is 0 Å². The molecule has 9 nitrogen and oxygen atoms in total. The van der Waals surface area contributed by atoms with E-state index >= 15 is 0 Å². The third kappa shape index (κ3) is 3.70. The molecule has 28 heavy (non-hydrogen) atoms. The highest BCUT2D eigenvalue weighted by atomic mass is 32.1. The monoisotopic (exact) mass is 418 g/mol. The standard InChI is InChI=1S/C17H14N4O5S2/c1-25-11-4-3-8(6-12(11)26-2)5-10-15(24)20-17(28)21(10)7-9-13(22)18-16(27)19-14(9)23/h3-7H,1-2H3,(H,20,24,28)(H2,18,19,22,23,27)/b10-5-. The van der Waals surface area contributed by atoms with Crippen LogP contribution in [0.4, 0.5) is 0 Å². The number of carbonyl (C=O) groups is 3. The van der Waals surface area contributed by atoms with E-state index in [1.54, 1.807) is 18.2 Å². The first kappa shape index (κ1) is 19.5. The molecule has 0 radical (unpaired) electrons. The van der Waals surface area contributed by atoms with Gasteiger partial charge in [0.15, 0.2) is 21.7 Å². The summed E-state index contributed by atoms with van der Waals surface area (Å²) >= 11 is 9.90. The number of carbonyl (C=O) groups excluding carboxylic acids is 3. The summed E-state index contributed by atoms with van der Waals surface area (Å²) in [5, 5.41) is 7.05. The van der Waals surface area contributed by atoms with E-state index in [0.29, 0.717) is 17.1 Å². The zero-order chi connectivity index (χ0) is 20.4. The maximum absolute atomic E-state index is 12.3.